The number of benzene rings is 1. The molecule has 1 aliphatic carbocycles. The highest BCUT2D eigenvalue weighted by molar-refractivity contribution is 7.90. The Balaban J connectivity index is 2.17. The fourth-order valence-electron chi connectivity index (χ4n) is 2.34. The van der Waals surface area contributed by atoms with Gasteiger partial charge in [0, 0.05) is 6.26 Å². The summed E-state index contributed by atoms with van der Waals surface area (Å²) >= 11 is 0. The topological polar surface area (TPSA) is 67.2 Å². The van der Waals surface area contributed by atoms with Crippen LogP contribution in [-0.4, -0.2) is 20.8 Å². The van der Waals surface area contributed by atoms with Crippen LogP contribution in [0.15, 0.2) is 29.2 Å². The van der Waals surface area contributed by atoms with Gasteiger partial charge in [0.2, 0.25) is 0 Å². The molecule has 0 spiro atoms. The average molecular weight is 279 g/mol. The zero-order chi connectivity index (χ0) is 13.9. The number of ether oxygens (including phenoxy) is 1. The van der Waals surface area contributed by atoms with Crippen molar-refractivity contribution in [3.05, 3.63) is 24.3 Å². The molecule has 0 radical (unpaired) electrons. The maximum atomic E-state index is 11.5. The number of rotatable bonds is 3. The Kier molecular flexibility index (Phi) is 4.11. The lowest BCUT2D eigenvalue weighted by atomic mass is 9.87. The molecule has 0 bridgehead atoms. The van der Waals surface area contributed by atoms with Crippen LogP contribution in [0.4, 0.5) is 0 Å². The summed E-state index contributed by atoms with van der Waals surface area (Å²) < 4.78 is 28.8. The van der Waals surface area contributed by atoms with Gasteiger partial charge in [0.15, 0.2) is 9.84 Å². The lowest BCUT2D eigenvalue weighted by Crippen LogP contribution is -2.29. The molecule has 0 aliphatic heterocycles. The molecule has 0 amide bonds. The van der Waals surface area contributed by atoms with Gasteiger partial charge in [-0.25, -0.2) is 8.42 Å². The fraction of sp³-hybridized carbons (Fsp3) is 0.500. The standard InChI is InChI=1S/C14H17NO3S/c1-19(16,17)13-7-4-6-12(9-13)18-14-8-3-2-5-11(14)10-15/h4,6-7,9,11,14H,2-3,5,8H2,1H3. The van der Waals surface area contributed by atoms with Crippen LogP contribution in [0.3, 0.4) is 0 Å². The van der Waals surface area contributed by atoms with Gasteiger partial charge in [-0.3, -0.25) is 0 Å². The fourth-order valence-corrected chi connectivity index (χ4v) is 2.99. The first kappa shape index (κ1) is 13.9. The van der Waals surface area contributed by atoms with Crippen molar-refractivity contribution in [2.45, 2.75) is 36.7 Å². The molecule has 0 saturated heterocycles. The molecule has 0 heterocycles. The van der Waals surface area contributed by atoms with Crippen LogP contribution in [0, 0.1) is 17.2 Å². The normalized spacial score (nSPS) is 23.6. The first-order chi connectivity index (χ1) is 9.00. The highest BCUT2D eigenvalue weighted by Gasteiger charge is 2.26. The monoisotopic (exact) mass is 279 g/mol. The van der Waals surface area contributed by atoms with Gasteiger partial charge < -0.3 is 4.74 Å². The van der Waals surface area contributed by atoms with E-state index < -0.39 is 9.84 Å². The van der Waals surface area contributed by atoms with Gasteiger partial charge in [0.1, 0.15) is 11.9 Å². The van der Waals surface area contributed by atoms with E-state index in [1.807, 2.05) is 0 Å². The predicted octanol–water partition coefficient (Wildman–Crippen LogP) is 2.55. The predicted molar refractivity (Wildman–Crippen MR) is 71.5 cm³/mol. The summed E-state index contributed by atoms with van der Waals surface area (Å²) in [4.78, 5) is 0.245. The zero-order valence-electron chi connectivity index (χ0n) is 10.9. The minimum atomic E-state index is -3.23. The number of sulfone groups is 1. The molecule has 102 valence electrons. The molecule has 1 aromatic rings. The number of nitriles is 1. The van der Waals surface area contributed by atoms with Crippen molar-refractivity contribution < 1.29 is 13.2 Å². The van der Waals surface area contributed by atoms with Crippen molar-refractivity contribution in [1.82, 2.24) is 0 Å². The van der Waals surface area contributed by atoms with Crippen molar-refractivity contribution in [3.8, 4) is 11.8 Å². The van der Waals surface area contributed by atoms with Crippen molar-refractivity contribution >= 4 is 9.84 Å². The summed E-state index contributed by atoms with van der Waals surface area (Å²) in [6, 6.07) is 8.74. The first-order valence-electron chi connectivity index (χ1n) is 6.37. The SMILES string of the molecule is CS(=O)(=O)c1cccc(OC2CCCCC2C#N)c1. The maximum absolute atomic E-state index is 11.5. The lowest BCUT2D eigenvalue weighted by molar-refractivity contribution is 0.120. The first-order valence-corrected chi connectivity index (χ1v) is 8.26. The molecule has 1 aliphatic rings. The van der Waals surface area contributed by atoms with Gasteiger partial charge >= 0.3 is 0 Å². The second-order valence-corrected chi connectivity index (χ2v) is 6.94. The largest absolute Gasteiger partial charge is 0.489 e. The van der Waals surface area contributed by atoms with E-state index in [1.165, 1.54) is 12.3 Å². The quantitative estimate of drug-likeness (QED) is 0.852. The van der Waals surface area contributed by atoms with Gasteiger partial charge in [-0.2, -0.15) is 5.26 Å². The van der Waals surface area contributed by atoms with Crippen molar-refractivity contribution in [1.29, 1.82) is 5.26 Å². The van der Waals surface area contributed by atoms with E-state index in [-0.39, 0.29) is 16.9 Å². The van der Waals surface area contributed by atoms with Gasteiger partial charge in [0.25, 0.3) is 0 Å². The molecule has 2 rings (SSSR count). The van der Waals surface area contributed by atoms with Crippen molar-refractivity contribution in [3.63, 3.8) is 0 Å². The van der Waals surface area contributed by atoms with Crippen molar-refractivity contribution in [2.24, 2.45) is 5.92 Å². The summed E-state index contributed by atoms with van der Waals surface area (Å²) in [5.41, 5.74) is 0. The van der Waals surface area contributed by atoms with Gasteiger partial charge in [-0.15, -0.1) is 0 Å². The lowest BCUT2D eigenvalue weighted by Gasteiger charge is -2.27. The molecule has 0 N–H and O–H groups in total. The third kappa shape index (κ3) is 3.48. The second kappa shape index (κ2) is 5.62. The van der Waals surface area contributed by atoms with E-state index in [0.717, 1.165) is 25.7 Å². The molecular formula is C14H17NO3S. The summed E-state index contributed by atoms with van der Waals surface area (Å²) in [5.74, 6) is 0.422. The Morgan fingerprint density at radius 3 is 2.74 bits per heavy atom. The summed E-state index contributed by atoms with van der Waals surface area (Å²) in [7, 11) is -3.23. The highest BCUT2D eigenvalue weighted by Crippen LogP contribution is 2.28. The summed E-state index contributed by atoms with van der Waals surface area (Å²) in [6.45, 7) is 0. The highest BCUT2D eigenvalue weighted by atomic mass is 32.2. The molecule has 5 heteroatoms. The van der Waals surface area contributed by atoms with Crippen LogP contribution in [0.2, 0.25) is 0 Å². The molecule has 1 aromatic carbocycles. The number of hydrogen-bond acceptors (Lipinski definition) is 4. The van der Waals surface area contributed by atoms with Gasteiger partial charge in [0.05, 0.1) is 16.9 Å². The molecule has 4 nitrogen and oxygen atoms in total. The van der Waals surface area contributed by atoms with Gasteiger partial charge in [-0.05, 0) is 37.5 Å². The molecule has 1 saturated carbocycles. The molecule has 19 heavy (non-hydrogen) atoms. The van der Waals surface area contributed by atoms with E-state index in [2.05, 4.69) is 6.07 Å². The van der Waals surface area contributed by atoms with Crippen LogP contribution >= 0.6 is 0 Å². The van der Waals surface area contributed by atoms with E-state index in [1.54, 1.807) is 18.2 Å². The van der Waals surface area contributed by atoms with Crippen molar-refractivity contribution in [2.75, 3.05) is 6.26 Å². The molecule has 2 atom stereocenters. The summed E-state index contributed by atoms with van der Waals surface area (Å²) in [5, 5.41) is 9.10. The Labute approximate surface area is 113 Å². The van der Waals surface area contributed by atoms with E-state index >= 15 is 0 Å². The van der Waals surface area contributed by atoms with Crippen LogP contribution in [0.25, 0.3) is 0 Å². The Morgan fingerprint density at radius 1 is 1.32 bits per heavy atom. The third-order valence-electron chi connectivity index (χ3n) is 3.39. The zero-order valence-corrected chi connectivity index (χ0v) is 11.7. The average Bonchev–Trinajstić information content (AvgIpc) is 2.39. The van der Waals surface area contributed by atoms with Crippen LogP contribution in [-0.2, 0) is 9.84 Å². The number of hydrogen-bond donors (Lipinski definition) is 0. The Bertz CT molecular complexity index is 589. The summed E-state index contributed by atoms with van der Waals surface area (Å²) in [6.07, 6.45) is 4.85. The van der Waals surface area contributed by atoms with E-state index in [0.29, 0.717) is 5.75 Å². The van der Waals surface area contributed by atoms with Crippen LogP contribution in [0.5, 0.6) is 5.75 Å². The maximum Gasteiger partial charge on any atom is 0.175 e. The Hall–Kier alpha value is -1.54. The molecule has 2 unspecified atom stereocenters. The van der Waals surface area contributed by atoms with Gasteiger partial charge in [-0.1, -0.05) is 12.5 Å². The molecular weight excluding hydrogens is 262 g/mol. The molecule has 0 aromatic heterocycles. The Morgan fingerprint density at radius 2 is 2.05 bits per heavy atom. The number of nitrogens with zero attached hydrogens (tertiary/aromatic N) is 1. The minimum Gasteiger partial charge on any atom is -0.489 e. The molecule has 1 fully saturated rings. The second-order valence-electron chi connectivity index (χ2n) is 4.92. The smallest absolute Gasteiger partial charge is 0.175 e. The van der Waals surface area contributed by atoms with Crippen LogP contribution < -0.4 is 4.74 Å². The minimum absolute atomic E-state index is 0.101. The van der Waals surface area contributed by atoms with E-state index in [4.69, 9.17) is 10.00 Å². The third-order valence-corrected chi connectivity index (χ3v) is 4.50. The van der Waals surface area contributed by atoms with E-state index in [9.17, 15) is 8.42 Å². The van der Waals surface area contributed by atoms with Crippen LogP contribution in [0.1, 0.15) is 25.7 Å².